The Morgan fingerprint density at radius 2 is 2.07 bits per heavy atom. The molecule has 0 unspecified atom stereocenters. The van der Waals surface area contributed by atoms with Crippen LogP contribution in [0.3, 0.4) is 0 Å². The minimum Gasteiger partial charge on any atom is -0.508 e. The van der Waals surface area contributed by atoms with Crippen LogP contribution in [0, 0.1) is 0 Å². The predicted molar refractivity (Wildman–Crippen MR) is 55.4 cm³/mol. The van der Waals surface area contributed by atoms with Crippen LogP contribution < -0.4 is 5.32 Å². The van der Waals surface area contributed by atoms with Gasteiger partial charge in [0.15, 0.2) is 0 Å². The number of hydrogen-bond acceptors (Lipinski definition) is 4. The summed E-state index contributed by atoms with van der Waals surface area (Å²) in [6.45, 7) is 0.460. The standard InChI is InChI=1S/C11H11NO3/c13-10-3-1-9(2-4-10)12-7-8-5-6-15-11(8)14/h1-4,7,12-13H,5-6H2/b8-7+. The lowest BCUT2D eigenvalue weighted by Crippen LogP contribution is -1.98. The van der Waals surface area contributed by atoms with E-state index in [0.717, 1.165) is 5.69 Å². The second-order valence-corrected chi connectivity index (χ2v) is 3.25. The Balaban J connectivity index is 2.03. The van der Waals surface area contributed by atoms with Crippen molar-refractivity contribution in [3.05, 3.63) is 36.0 Å². The highest BCUT2D eigenvalue weighted by atomic mass is 16.5. The predicted octanol–water partition coefficient (Wildman–Crippen LogP) is 1.63. The number of nitrogens with one attached hydrogen (secondary N) is 1. The number of carbonyl (C=O) groups excluding carboxylic acids is 1. The first-order chi connectivity index (χ1) is 7.25. The molecular formula is C11H11NO3. The molecule has 2 N–H and O–H groups in total. The van der Waals surface area contributed by atoms with Gasteiger partial charge in [0, 0.05) is 18.3 Å². The summed E-state index contributed by atoms with van der Waals surface area (Å²) < 4.78 is 4.79. The van der Waals surface area contributed by atoms with Crippen LogP contribution in [-0.2, 0) is 9.53 Å². The minimum absolute atomic E-state index is 0.216. The quantitative estimate of drug-likeness (QED) is 0.437. The van der Waals surface area contributed by atoms with Crippen LogP contribution in [-0.4, -0.2) is 17.7 Å². The lowest BCUT2D eigenvalue weighted by molar-refractivity contribution is -0.135. The van der Waals surface area contributed by atoms with Crippen molar-refractivity contribution in [1.29, 1.82) is 0 Å². The number of ether oxygens (including phenoxy) is 1. The van der Waals surface area contributed by atoms with Gasteiger partial charge in [0.05, 0.1) is 12.2 Å². The maximum Gasteiger partial charge on any atom is 0.335 e. The summed E-state index contributed by atoms with van der Waals surface area (Å²) in [6, 6.07) is 6.61. The van der Waals surface area contributed by atoms with Gasteiger partial charge in [-0.3, -0.25) is 0 Å². The fraction of sp³-hybridized carbons (Fsp3) is 0.182. The van der Waals surface area contributed by atoms with Crippen molar-refractivity contribution in [3.8, 4) is 5.75 Å². The zero-order valence-corrected chi connectivity index (χ0v) is 8.06. The molecule has 78 valence electrons. The summed E-state index contributed by atoms with van der Waals surface area (Å²) >= 11 is 0. The van der Waals surface area contributed by atoms with Gasteiger partial charge < -0.3 is 15.2 Å². The fourth-order valence-electron chi connectivity index (χ4n) is 1.31. The summed E-state index contributed by atoms with van der Waals surface area (Å²) in [5.74, 6) is -0.0465. The number of phenols is 1. The number of anilines is 1. The molecule has 0 aromatic heterocycles. The molecule has 0 saturated carbocycles. The van der Waals surface area contributed by atoms with E-state index in [0.29, 0.717) is 18.6 Å². The van der Waals surface area contributed by atoms with Crippen LogP contribution >= 0.6 is 0 Å². The topological polar surface area (TPSA) is 58.6 Å². The van der Waals surface area contributed by atoms with Gasteiger partial charge in [0.25, 0.3) is 0 Å². The Bertz CT molecular complexity index is 395. The number of carbonyl (C=O) groups is 1. The zero-order valence-electron chi connectivity index (χ0n) is 8.06. The minimum atomic E-state index is -0.263. The Morgan fingerprint density at radius 3 is 2.67 bits per heavy atom. The molecule has 1 heterocycles. The lowest BCUT2D eigenvalue weighted by Gasteiger charge is -2.00. The van der Waals surface area contributed by atoms with Crippen molar-refractivity contribution in [3.63, 3.8) is 0 Å². The van der Waals surface area contributed by atoms with E-state index >= 15 is 0 Å². The fourth-order valence-corrected chi connectivity index (χ4v) is 1.31. The molecule has 0 amide bonds. The highest BCUT2D eigenvalue weighted by Gasteiger charge is 2.17. The Labute approximate surface area is 87.2 Å². The van der Waals surface area contributed by atoms with Gasteiger partial charge in [0.1, 0.15) is 5.75 Å². The summed E-state index contributed by atoms with van der Waals surface area (Å²) in [7, 11) is 0. The van der Waals surface area contributed by atoms with Gasteiger partial charge in [-0.2, -0.15) is 0 Å². The van der Waals surface area contributed by atoms with Crippen LogP contribution in [0.2, 0.25) is 0 Å². The molecule has 0 bridgehead atoms. The van der Waals surface area contributed by atoms with E-state index in [1.54, 1.807) is 30.5 Å². The third-order valence-electron chi connectivity index (χ3n) is 2.15. The molecule has 4 heteroatoms. The number of aromatic hydroxyl groups is 1. The molecule has 1 aliphatic rings. The number of phenolic OH excluding ortho intramolecular Hbond substituents is 1. The van der Waals surface area contributed by atoms with Crippen molar-refractivity contribution in [1.82, 2.24) is 0 Å². The van der Waals surface area contributed by atoms with E-state index in [4.69, 9.17) is 9.84 Å². The highest BCUT2D eigenvalue weighted by Crippen LogP contribution is 2.16. The zero-order chi connectivity index (χ0) is 10.7. The van der Waals surface area contributed by atoms with Crippen LogP contribution in [0.1, 0.15) is 6.42 Å². The van der Waals surface area contributed by atoms with E-state index in [1.165, 1.54) is 0 Å². The molecule has 0 radical (unpaired) electrons. The van der Waals surface area contributed by atoms with Gasteiger partial charge in [-0.25, -0.2) is 4.79 Å². The van der Waals surface area contributed by atoms with Gasteiger partial charge in [-0.15, -0.1) is 0 Å². The molecule has 15 heavy (non-hydrogen) atoms. The molecule has 1 aromatic rings. The largest absolute Gasteiger partial charge is 0.508 e. The molecule has 1 aromatic carbocycles. The second-order valence-electron chi connectivity index (χ2n) is 3.25. The molecule has 2 rings (SSSR count). The first kappa shape index (κ1) is 9.58. The molecule has 1 fully saturated rings. The molecule has 0 aliphatic carbocycles. The molecular weight excluding hydrogens is 194 g/mol. The van der Waals surface area contributed by atoms with E-state index in [2.05, 4.69) is 5.32 Å². The maximum atomic E-state index is 11.1. The SMILES string of the molecule is O=C1OCC/C1=C\Nc1ccc(O)cc1. The molecule has 1 aliphatic heterocycles. The van der Waals surface area contributed by atoms with Gasteiger partial charge >= 0.3 is 5.97 Å². The first-order valence-electron chi connectivity index (χ1n) is 4.67. The Morgan fingerprint density at radius 1 is 1.33 bits per heavy atom. The van der Waals surface area contributed by atoms with Crippen LogP contribution in [0.4, 0.5) is 5.69 Å². The van der Waals surface area contributed by atoms with E-state index in [-0.39, 0.29) is 11.7 Å². The Kier molecular flexibility index (Phi) is 2.58. The number of esters is 1. The molecule has 1 saturated heterocycles. The van der Waals surface area contributed by atoms with Gasteiger partial charge in [-0.1, -0.05) is 0 Å². The van der Waals surface area contributed by atoms with Gasteiger partial charge in [-0.05, 0) is 24.3 Å². The van der Waals surface area contributed by atoms with E-state index in [1.807, 2.05) is 0 Å². The highest BCUT2D eigenvalue weighted by molar-refractivity contribution is 5.90. The van der Waals surface area contributed by atoms with Crippen LogP contribution in [0.25, 0.3) is 0 Å². The van der Waals surface area contributed by atoms with Crippen LogP contribution in [0.15, 0.2) is 36.0 Å². The van der Waals surface area contributed by atoms with E-state index in [9.17, 15) is 4.79 Å². The van der Waals surface area contributed by atoms with Crippen molar-refractivity contribution >= 4 is 11.7 Å². The van der Waals surface area contributed by atoms with Crippen molar-refractivity contribution < 1.29 is 14.6 Å². The summed E-state index contributed by atoms with van der Waals surface area (Å²) in [4.78, 5) is 11.1. The number of rotatable bonds is 2. The molecule has 4 nitrogen and oxygen atoms in total. The third-order valence-corrected chi connectivity index (χ3v) is 2.15. The monoisotopic (exact) mass is 205 g/mol. The second kappa shape index (κ2) is 4.04. The molecule has 0 spiro atoms. The summed E-state index contributed by atoms with van der Waals surface area (Å²) in [6.07, 6.45) is 2.28. The average molecular weight is 205 g/mol. The number of hydrogen-bond donors (Lipinski definition) is 2. The lowest BCUT2D eigenvalue weighted by atomic mass is 10.2. The van der Waals surface area contributed by atoms with Crippen molar-refractivity contribution in [2.24, 2.45) is 0 Å². The number of benzene rings is 1. The normalized spacial score (nSPS) is 17.9. The van der Waals surface area contributed by atoms with E-state index < -0.39 is 0 Å². The maximum absolute atomic E-state index is 11.1. The van der Waals surface area contributed by atoms with Crippen molar-refractivity contribution in [2.45, 2.75) is 6.42 Å². The van der Waals surface area contributed by atoms with Crippen molar-refractivity contribution in [2.75, 3.05) is 11.9 Å². The smallest absolute Gasteiger partial charge is 0.335 e. The third kappa shape index (κ3) is 2.28. The first-order valence-corrected chi connectivity index (χ1v) is 4.67. The Hall–Kier alpha value is -1.97. The number of cyclic esters (lactones) is 1. The summed E-state index contributed by atoms with van der Waals surface area (Å²) in [5.41, 5.74) is 1.46. The average Bonchev–Trinajstić information content (AvgIpc) is 2.63. The summed E-state index contributed by atoms with van der Waals surface area (Å²) in [5, 5.41) is 12.0. The van der Waals surface area contributed by atoms with Crippen LogP contribution in [0.5, 0.6) is 5.75 Å². The van der Waals surface area contributed by atoms with Gasteiger partial charge in [0.2, 0.25) is 0 Å². The molecule has 0 atom stereocenters.